The lowest BCUT2D eigenvalue weighted by Gasteiger charge is -1.99. The Bertz CT molecular complexity index is 88.6. The van der Waals surface area contributed by atoms with Gasteiger partial charge in [0.1, 0.15) is 0 Å². The lowest BCUT2D eigenvalue weighted by Crippen LogP contribution is -2.28. The van der Waals surface area contributed by atoms with E-state index in [2.05, 4.69) is 18.0 Å². The summed E-state index contributed by atoms with van der Waals surface area (Å²) in [6.07, 6.45) is 0. The molecule has 0 fully saturated rings. The number of nitrogens with one attached hydrogen (secondary N) is 1. The molecule has 0 aromatic heterocycles. The molecule has 0 aliphatic heterocycles. The van der Waals surface area contributed by atoms with E-state index >= 15 is 0 Å². The molecule has 0 spiro atoms. The first-order valence-electron chi connectivity index (χ1n) is 2.61. The Hall–Kier alpha value is -0.545. The number of carbonyl (C=O) groups excluding carboxylic acids is 1. The first-order chi connectivity index (χ1) is 4.31. The number of carbonyl (C=O) groups is 1. The van der Waals surface area contributed by atoms with Crippen LogP contribution in [0.4, 0.5) is 0 Å². The molecule has 0 aliphatic carbocycles. The highest BCUT2D eigenvalue weighted by Crippen LogP contribution is 1.66. The van der Waals surface area contributed by atoms with Gasteiger partial charge in [0.2, 0.25) is 0 Å². The van der Waals surface area contributed by atoms with Crippen molar-refractivity contribution < 1.29 is 9.45 Å². The van der Waals surface area contributed by atoms with Crippen LogP contribution in [-0.4, -0.2) is 33.7 Å². The van der Waals surface area contributed by atoms with Gasteiger partial charge in [-0.1, -0.05) is 0 Å². The average molecular weight is 128 g/mol. The molecule has 3 N–H and O–H groups in total. The third-order valence-corrected chi connectivity index (χ3v) is 0.722. The molecule has 0 unspecified atom stereocenters. The summed E-state index contributed by atoms with van der Waals surface area (Å²) >= 11 is 0. The van der Waals surface area contributed by atoms with Crippen LogP contribution < -0.4 is 11.1 Å². The first kappa shape index (κ1) is 8.45. The lowest BCUT2D eigenvalue weighted by atomic mass is 10.5. The number of hydrogen-bond donors (Lipinski definition) is 2. The third kappa shape index (κ3) is 5.32. The van der Waals surface area contributed by atoms with Gasteiger partial charge in [0.15, 0.2) is 0 Å². The van der Waals surface area contributed by atoms with Crippen molar-refractivity contribution in [3.05, 3.63) is 0 Å². The maximum atomic E-state index is 10.2. The Balaban J connectivity index is 2.97. The Kier molecular flexibility index (Phi) is 5.25. The van der Waals surface area contributed by atoms with E-state index < -0.39 is 5.97 Å². The highest BCUT2D eigenvalue weighted by molar-refractivity contribution is 6.05. The monoisotopic (exact) mass is 128 g/mol. The second kappa shape index (κ2) is 5.59. The van der Waals surface area contributed by atoms with E-state index in [9.17, 15) is 4.79 Å². The summed E-state index contributed by atoms with van der Waals surface area (Å²) in [6, 6.07) is 0. The molecule has 0 saturated carbocycles. The molecule has 0 aromatic rings. The normalized spacial score (nSPS) is 9.00. The van der Waals surface area contributed by atoms with Crippen molar-refractivity contribution in [3.8, 4) is 0 Å². The first-order valence-corrected chi connectivity index (χ1v) is 2.61. The summed E-state index contributed by atoms with van der Waals surface area (Å²) in [7, 11) is 4.53. The molecule has 0 atom stereocenters. The second-order valence-electron chi connectivity index (χ2n) is 1.46. The van der Waals surface area contributed by atoms with Crippen molar-refractivity contribution in [2.24, 2.45) is 5.73 Å². The van der Waals surface area contributed by atoms with Crippen LogP contribution in [0.25, 0.3) is 0 Å². The van der Waals surface area contributed by atoms with Crippen LogP contribution in [-0.2, 0) is 9.45 Å². The van der Waals surface area contributed by atoms with Crippen LogP contribution in [0.15, 0.2) is 0 Å². The van der Waals surface area contributed by atoms with Gasteiger partial charge in [-0.25, -0.2) is 0 Å². The zero-order chi connectivity index (χ0) is 7.11. The molecule has 0 aliphatic rings. The van der Waals surface area contributed by atoms with Crippen molar-refractivity contribution in [2.75, 3.05) is 19.6 Å². The standard InChI is InChI=1S/C4H9BN2O2/c5-9-4(8)3-7-2-1-6/h7H,1-3,6H2. The summed E-state index contributed by atoms with van der Waals surface area (Å²) in [5, 5.41) is 2.71. The van der Waals surface area contributed by atoms with Crippen molar-refractivity contribution in [1.82, 2.24) is 5.32 Å². The van der Waals surface area contributed by atoms with E-state index in [0.717, 1.165) is 0 Å². The van der Waals surface area contributed by atoms with E-state index in [0.29, 0.717) is 13.1 Å². The van der Waals surface area contributed by atoms with Crippen LogP contribution in [0.2, 0.25) is 0 Å². The Morgan fingerprint density at radius 3 is 2.89 bits per heavy atom. The van der Waals surface area contributed by atoms with Gasteiger partial charge in [-0.2, -0.15) is 0 Å². The SMILES string of the molecule is [B]OC(=O)CNCCN. The second-order valence-corrected chi connectivity index (χ2v) is 1.46. The van der Waals surface area contributed by atoms with Gasteiger partial charge < -0.3 is 15.7 Å². The van der Waals surface area contributed by atoms with Gasteiger partial charge in [0, 0.05) is 13.1 Å². The van der Waals surface area contributed by atoms with Crippen molar-refractivity contribution in [2.45, 2.75) is 0 Å². The zero-order valence-electron chi connectivity index (χ0n) is 5.09. The van der Waals surface area contributed by atoms with Crippen molar-refractivity contribution in [3.63, 3.8) is 0 Å². The molecule has 0 amide bonds. The third-order valence-electron chi connectivity index (χ3n) is 0.722. The smallest absolute Gasteiger partial charge is 0.378 e. The van der Waals surface area contributed by atoms with Crippen LogP contribution in [0.3, 0.4) is 0 Å². The molecule has 0 rings (SSSR count). The maximum Gasteiger partial charge on any atom is 0.378 e. The van der Waals surface area contributed by atoms with Gasteiger partial charge in [-0.05, 0) is 0 Å². The minimum absolute atomic E-state index is 0.119. The number of rotatable bonds is 4. The predicted molar refractivity (Wildman–Crippen MR) is 33.8 cm³/mol. The molecule has 0 heterocycles. The summed E-state index contributed by atoms with van der Waals surface area (Å²) in [5.41, 5.74) is 5.11. The molecule has 9 heavy (non-hydrogen) atoms. The van der Waals surface area contributed by atoms with E-state index in [4.69, 9.17) is 5.73 Å². The molecule has 4 nitrogen and oxygen atoms in total. The molecule has 5 heteroatoms. The molecule has 0 saturated heterocycles. The lowest BCUT2D eigenvalue weighted by molar-refractivity contribution is -0.132. The summed E-state index contributed by atoms with van der Waals surface area (Å²) < 4.78 is 3.85. The highest BCUT2D eigenvalue weighted by atomic mass is 16.5. The van der Waals surface area contributed by atoms with Gasteiger partial charge in [-0.15, -0.1) is 0 Å². The number of nitrogens with two attached hydrogens (primary N) is 1. The highest BCUT2D eigenvalue weighted by Gasteiger charge is 1.94. The predicted octanol–water partition coefficient (Wildman–Crippen LogP) is -1.84. The van der Waals surface area contributed by atoms with Crippen LogP contribution in [0.5, 0.6) is 0 Å². The minimum Gasteiger partial charge on any atom is -0.542 e. The Morgan fingerprint density at radius 2 is 2.44 bits per heavy atom. The summed E-state index contributed by atoms with van der Waals surface area (Å²) in [6.45, 7) is 1.21. The topological polar surface area (TPSA) is 64.3 Å². The van der Waals surface area contributed by atoms with E-state index in [1.54, 1.807) is 0 Å². The largest absolute Gasteiger partial charge is 0.542 e. The van der Waals surface area contributed by atoms with E-state index in [1.807, 2.05) is 0 Å². The average Bonchev–Trinajstić information content (AvgIpc) is 1.89. The molecular weight excluding hydrogens is 119 g/mol. The fraction of sp³-hybridized carbons (Fsp3) is 0.750. The Labute approximate surface area is 55.2 Å². The molecule has 2 radical (unpaired) electrons. The van der Waals surface area contributed by atoms with Crippen molar-refractivity contribution >= 4 is 14.0 Å². The summed E-state index contributed by atoms with van der Waals surface area (Å²) in [5.74, 6) is -0.483. The van der Waals surface area contributed by atoms with Gasteiger partial charge in [0.05, 0.1) is 6.54 Å². The van der Waals surface area contributed by atoms with Gasteiger partial charge >= 0.3 is 14.0 Å². The molecule has 50 valence electrons. The zero-order valence-corrected chi connectivity index (χ0v) is 5.09. The summed E-state index contributed by atoms with van der Waals surface area (Å²) in [4.78, 5) is 10.2. The van der Waals surface area contributed by atoms with Crippen LogP contribution in [0.1, 0.15) is 0 Å². The van der Waals surface area contributed by atoms with Crippen LogP contribution >= 0.6 is 0 Å². The van der Waals surface area contributed by atoms with E-state index in [-0.39, 0.29) is 6.54 Å². The fourth-order valence-corrected chi connectivity index (χ4v) is 0.334. The number of hydrogen-bond acceptors (Lipinski definition) is 4. The minimum atomic E-state index is -0.483. The van der Waals surface area contributed by atoms with Gasteiger partial charge in [-0.3, -0.25) is 4.79 Å². The molecular formula is C4H9BN2O2. The van der Waals surface area contributed by atoms with Crippen molar-refractivity contribution in [1.29, 1.82) is 0 Å². The van der Waals surface area contributed by atoms with E-state index in [1.165, 1.54) is 0 Å². The van der Waals surface area contributed by atoms with Gasteiger partial charge in [0.25, 0.3) is 0 Å². The quantitative estimate of drug-likeness (QED) is 0.345. The molecule has 0 bridgehead atoms. The molecule has 0 aromatic carbocycles. The Morgan fingerprint density at radius 1 is 1.78 bits per heavy atom. The fourth-order valence-electron chi connectivity index (χ4n) is 0.334. The maximum absolute atomic E-state index is 10.2. The van der Waals surface area contributed by atoms with Crippen LogP contribution in [0, 0.1) is 0 Å².